The number of thiophene rings is 1. The van der Waals surface area contributed by atoms with Crippen molar-refractivity contribution in [2.75, 3.05) is 14.2 Å². The molecule has 0 bridgehead atoms. The summed E-state index contributed by atoms with van der Waals surface area (Å²) in [7, 11) is 3.08. The lowest BCUT2D eigenvalue weighted by molar-refractivity contribution is -0.130. The van der Waals surface area contributed by atoms with Crippen molar-refractivity contribution in [2.45, 2.75) is 12.6 Å². The van der Waals surface area contributed by atoms with Crippen LogP contribution in [0.25, 0.3) is 0 Å². The smallest absolute Gasteiger partial charge is 0.290 e. The summed E-state index contributed by atoms with van der Waals surface area (Å²) in [5.41, 5.74) is 0.778. The second-order valence-corrected chi connectivity index (χ2v) is 7.59. The first kappa shape index (κ1) is 19.8. The minimum absolute atomic E-state index is 0.0119. The summed E-state index contributed by atoms with van der Waals surface area (Å²) in [5.74, 6) is -0.525. The predicted octanol–water partition coefficient (Wildman–Crippen LogP) is 4.14. The van der Waals surface area contributed by atoms with Crippen molar-refractivity contribution in [3.05, 3.63) is 81.6 Å². The summed E-state index contributed by atoms with van der Waals surface area (Å²) in [6.45, 7) is 0.167. The molecule has 7 nitrogen and oxygen atoms in total. The monoisotopic (exact) mass is 425 g/mol. The molecule has 0 fully saturated rings. The molecule has 0 aliphatic carbocycles. The van der Waals surface area contributed by atoms with Crippen LogP contribution in [0.5, 0.6) is 11.5 Å². The molecule has 1 aliphatic heterocycles. The highest BCUT2D eigenvalue weighted by molar-refractivity contribution is 7.10. The van der Waals surface area contributed by atoms with Gasteiger partial charge in [-0.3, -0.25) is 9.59 Å². The Hall–Kier alpha value is -3.52. The van der Waals surface area contributed by atoms with Crippen LogP contribution in [0.15, 0.2) is 69.9 Å². The number of furan rings is 1. The van der Waals surface area contributed by atoms with Crippen molar-refractivity contribution >= 4 is 23.0 Å². The highest BCUT2D eigenvalue weighted by Gasteiger charge is 2.44. The van der Waals surface area contributed by atoms with Gasteiger partial charge in [0.25, 0.3) is 5.91 Å². The lowest BCUT2D eigenvalue weighted by Crippen LogP contribution is -2.30. The normalized spacial score (nSPS) is 16.3. The van der Waals surface area contributed by atoms with Gasteiger partial charge in [0.2, 0.25) is 5.78 Å². The van der Waals surface area contributed by atoms with E-state index in [9.17, 15) is 14.7 Å². The van der Waals surface area contributed by atoms with Gasteiger partial charge in [-0.1, -0.05) is 12.1 Å². The van der Waals surface area contributed by atoms with Crippen molar-refractivity contribution in [2.24, 2.45) is 0 Å². The van der Waals surface area contributed by atoms with E-state index < -0.39 is 23.5 Å². The lowest BCUT2D eigenvalue weighted by Gasteiger charge is -2.26. The van der Waals surface area contributed by atoms with Crippen LogP contribution in [0.2, 0.25) is 0 Å². The number of amides is 1. The fourth-order valence-corrected chi connectivity index (χ4v) is 4.35. The van der Waals surface area contributed by atoms with Gasteiger partial charge in [0.15, 0.2) is 23.0 Å². The molecule has 0 radical (unpaired) electrons. The molecular weight excluding hydrogens is 406 g/mol. The zero-order valence-electron chi connectivity index (χ0n) is 16.3. The molecule has 0 spiro atoms. The van der Waals surface area contributed by atoms with E-state index >= 15 is 0 Å². The van der Waals surface area contributed by atoms with E-state index in [-0.39, 0.29) is 17.9 Å². The van der Waals surface area contributed by atoms with E-state index in [0.717, 1.165) is 10.4 Å². The van der Waals surface area contributed by atoms with E-state index in [1.54, 1.807) is 25.3 Å². The maximum Gasteiger partial charge on any atom is 0.290 e. The fraction of sp³-hybridized carbons (Fsp3) is 0.182. The second kappa shape index (κ2) is 8.08. The van der Waals surface area contributed by atoms with Gasteiger partial charge in [-0.05, 0) is 41.3 Å². The molecule has 30 heavy (non-hydrogen) atoms. The highest BCUT2D eigenvalue weighted by Crippen LogP contribution is 2.42. The molecular formula is C22H19NO6S. The number of carbonyl (C=O) groups is 2. The Labute approximate surface area is 176 Å². The second-order valence-electron chi connectivity index (χ2n) is 6.61. The average molecular weight is 425 g/mol. The average Bonchev–Trinajstić information content (AvgIpc) is 3.52. The van der Waals surface area contributed by atoms with Crippen LogP contribution in [0.4, 0.5) is 0 Å². The Morgan fingerprint density at radius 1 is 1.17 bits per heavy atom. The van der Waals surface area contributed by atoms with Crippen molar-refractivity contribution in [3.8, 4) is 11.5 Å². The highest BCUT2D eigenvalue weighted by atomic mass is 32.1. The molecule has 1 aliphatic rings. The molecule has 3 aromatic rings. The van der Waals surface area contributed by atoms with E-state index in [1.807, 2.05) is 23.6 Å². The number of hydrogen-bond donors (Lipinski definition) is 1. The van der Waals surface area contributed by atoms with Crippen LogP contribution in [0.1, 0.15) is 27.0 Å². The third-order valence-corrected chi connectivity index (χ3v) is 5.83. The standard InChI is InChI=1S/C22H19NO6S/c1-27-14-8-7-13(11-16(14)28-2)12-23-19(17-6-4-10-30-17)18(21(25)22(23)26)20(24)15-5-3-9-29-15/h3-11,19,25H,12H2,1-2H3. The Morgan fingerprint density at radius 2 is 1.97 bits per heavy atom. The first-order valence-corrected chi connectivity index (χ1v) is 9.99. The van der Waals surface area contributed by atoms with Gasteiger partial charge in [-0.25, -0.2) is 0 Å². The van der Waals surface area contributed by atoms with Gasteiger partial charge in [-0.15, -0.1) is 11.3 Å². The molecule has 3 heterocycles. The molecule has 1 N–H and O–H groups in total. The molecule has 1 atom stereocenters. The van der Waals surface area contributed by atoms with Gasteiger partial charge >= 0.3 is 0 Å². The number of ketones is 1. The predicted molar refractivity (Wildman–Crippen MR) is 110 cm³/mol. The molecule has 0 saturated heterocycles. The summed E-state index contributed by atoms with van der Waals surface area (Å²) < 4.78 is 15.8. The molecule has 4 rings (SSSR count). The van der Waals surface area contributed by atoms with E-state index in [2.05, 4.69) is 0 Å². The largest absolute Gasteiger partial charge is 0.503 e. The SMILES string of the molecule is COc1ccc(CN2C(=O)C(O)=C(C(=O)c3ccco3)C2c2cccs2)cc1OC. The third kappa shape index (κ3) is 3.35. The summed E-state index contributed by atoms with van der Waals surface area (Å²) in [4.78, 5) is 28.2. The minimum Gasteiger partial charge on any atom is -0.503 e. The number of ether oxygens (including phenoxy) is 2. The quantitative estimate of drug-likeness (QED) is 0.573. The Balaban J connectivity index is 1.73. The number of aliphatic hydroxyl groups is 1. The van der Waals surface area contributed by atoms with Gasteiger partial charge < -0.3 is 23.9 Å². The molecule has 0 saturated carbocycles. The number of hydrogen-bond acceptors (Lipinski definition) is 7. The summed E-state index contributed by atoms with van der Waals surface area (Å²) in [6, 6.07) is 11.4. The Morgan fingerprint density at radius 3 is 2.60 bits per heavy atom. The van der Waals surface area contributed by atoms with Crippen LogP contribution in [-0.2, 0) is 11.3 Å². The minimum atomic E-state index is -0.719. The van der Waals surface area contributed by atoms with Gasteiger partial charge in [0, 0.05) is 11.4 Å². The van der Waals surface area contributed by atoms with Crippen molar-refractivity contribution in [1.29, 1.82) is 0 Å². The van der Waals surface area contributed by atoms with Gasteiger partial charge in [0.1, 0.15) is 6.04 Å². The molecule has 8 heteroatoms. The topological polar surface area (TPSA) is 89.2 Å². The number of Topliss-reactive ketones (excluding diaryl/α,β-unsaturated/α-hetero) is 1. The number of nitrogens with zero attached hydrogens (tertiary/aromatic N) is 1. The maximum atomic E-state index is 13.0. The summed E-state index contributed by atoms with van der Waals surface area (Å²) >= 11 is 1.40. The molecule has 1 unspecified atom stereocenters. The Bertz CT molecular complexity index is 1100. The van der Waals surface area contributed by atoms with E-state index in [4.69, 9.17) is 13.9 Å². The lowest BCUT2D eigenvalue weighted by atomic mass is 10.00. The van der Waals surface area contributed by atoms with Crippen molar-refractivity contribution in [3.63, 3.8) is 0 Å². The van der Waals surface area contributed by atoms with Crippen molar-refractivity contribution < 1.29 is 28.6 Å². The molecule has 154 valence electrons. The zero-order valence-corrected chi connectivity index (χ0v) is 17.1. The fourth-order valence-electron chi connectivity index (χ4n) is 3.51. The number of methoxy groups -OCH3 is 2. The molecule has 1 aromatic carbocycles. The maximum absolute atomic E-state index is 13.0. The van der Waals surface area contributed by atoms with E-state index in [0.29, 0.717) is 11.5 Å². The van der Waals surface area contributed by atoms with Crippen LogP contribution in [0, 0.1) is 0 Å². The Kier molecular flexibility index (Phi) is 5.33. The zero-order chi connectivity index (χ0) is 21.3. The van der Waals surface area contributed by atoms with Crippen LogP contribution in [-0.4, -0.2) is 35.9 Å². The number of benzene rings is 1. The van der Waals surface area contributed by atoms with Gasteiger partial charge in [0.05, 0.1) is 26.1 Å². The summed E-state index contributed by atoms with van der Waals surface area (Å²) in [6.07, 6.45) is 1.38. The first-order valence-electron chi connectivity index (χ1n) is 9.11. The summed E-state index contributed by atoms with van der Waals surface area (Å²) in [5, 5.41) is 12.5. The van der Waals surface area contributed by atoms with Crippen molar-refractivity contribution in [1.82, 2.24) is 4.90 Å². The van der Waals surface area contributed by atoms with Crippen LogP contribution >= 0.6 is 11.3 Å². The van der Waals surface area contributed by atoms with Crippen LogP contribution < -0.4 is 9.47 Å². The third-order valence-electron chi connectivity index (χ3n) is 4.91. The molecule has 2 aromatic heterocycles. The first-order chi connectivity index (χ1) is 14.5. The van der Waals surface area contributed by atoms with Gasteiger partial charge in [-0.2, -0.15) is 0 Å². The number of carbonyl (C=O) groups excluding carboxylic acids is 2. The number of aliphatic hydroxyl groups excluding tert-OH is 1. The number of rotatable bonds is 7. The van der Waals surface area contributed by atoms with E-state index in [1.165, 1.54) is 35.7 Å². The van der Waals surface area contributed by atoms with Crippen LogP contribution in [0.3, 0.4) is 0 Å². The molecule has 1 amide bonds.